The van der Waals surface area contributed by atoms with E-state index >= 15 is 0 Å². The molecule has 0 saturated heterocycles. The van der Waals surface area contributed by atoms with E-state index in [4.69, 9.17) is 5.73 Å². The van der Waals surface area contributed by atoms with Crippen molar-refractivity contribution < 1.29 is 4.79 Å². The minimum Gasteiger partial charge on any atom is -0.352 e. The monoisotopic (exact) mass is 282 g/mol. The number of nitrogens with two attached hydrogens (primary N) is 1. The van der Waals surface area contributed by atoms with Crippen LogP contribution in [0.5, 0.6) is 0 Å². The highest BCUT2D eigenvalue weighted by Crippen LogP contribution is 2.13. The molecular formula is C18H22N2O. The van der Waals surface area contributed by atoms with E-state index in [0.717, 1.165) is 28.7 Å². The van der Waals surface area contributed by atoms with Crippen LogP contribution in [0.1, 0.15) is 39.5 Å². The zero-order chi connectivity index (χ0) is 15.2. The van der Waals surface area contributed by atoms with Gasteiger partial charge in [0.05, 0.1) is 0 Å². The fourth-order valence-electron chi connectivity index (χ4n) is 2.37. The van der Waals surface area contributed by atoms with E-state index in [1.807, 2.05) is 62.4 Å². The molecule has 0 aromatic heterocycles. The number of rotatable bonds is 5. The lowest BCUT2D eigenvalue weighted by Crippen LogP contribution is -2.27. The molecular weight excluding hydrogens is 260 g/mol. The number of benzene rings is 2. The van der Waals surface area contributed by atoms with Crippen LogP contribution in [0.3, 0.4) is 0 Å². The predicted octanol–water partition coefficient (Wildman–Crippen LogP) is 3.12. The fourth-order valence-corrected chi connectivity index (χ4v) is 2.37. The molecule has 1 unspecified atom stereocenters. The normalized spacial score (nSPS) is 12.0. The average molecular weight is 282 g/mol. The molecule has 0 radical (unpaired) electrons. The van der Waals surface area contributed by atoms with E-state index in [2.05, 4.69) is 5.32 Å². The van der Waals surface area contributed by atoms with Gasteiger partial charge in [0.1, 0.15) is 0 Å². The number of nitrogens with one attached hydrogen (secondary N) is 1. The van der Waals surface area contributed by atoms with Gasteiger partial charge in [0.15, 0.2) is 0 Å². The van der Waals surface area contributed by atoms with Crippen molar-refractivity contribution in [2.24, 2.45) is 5.73 Å². The molecule has 0 spiro atoms. The van der Waals surface area contributed by atoms with E-state index in [1.165, 1.54) is 0 Å². The number of amides is 1. The molecule has 3 nitrogen and oxygen atoms in total. The number of carbonyl (C=O) groups excluding carboxylic acids is 1. The van der Waals surface area contributed by atoms with Gasteiger partial charge in [-0.15, -0.1) is 0 Å². The Morgan fingerprint density at radius 1 is 1.14 bits per heavy atom. The van der Waals surface area contributed by atoms with Crippen LogP contribution >= 0.6 is 0 Å². The number of hydrogen-bond acceptors (Lipinski definition) is 2. The summed E-state index contributed by atoms with van der Waals surface area (Å²) in [5.41, 5.74) is 10.1. The smallest absolute Gasteiger partial charge is 0.251 e. The van der Waals surface area contributed by atoms with Gasteiger partial charge in [-0.3, -0.25) is 4.79 Å². The molecule has 2 aromatic rings. The van der Waals surface area contributed by atoms with Gasteiger partial charge < -0.3 is 11.1 Å². The van der Waals surface area contributed by atoms with E-state index in [9.17, 15) is 4.79 Å². The van der Waals surface area contributed by atoms with Gasteiger partial charge >= 0.3 is 0 Å². The molecule has 0 bridgehead atoms. The van der Waals surface area contributed by atoms with E-state index in [1.54, 1.807) is 0 Å². The van der Waals surface area contributed by atoms with Crippen molar-refractivity contribution in [1.82, 2.24) is 5.32 Å². The lowest BCUT2D eigenvalue weighted by Gasteiger charge is -2.13. The van der Waals surface area contributed by atoms with Gasteiger partial charge in [-0.1, -0.05) is 48.0 Å². The molecule has 0 fully saturated rings. The Morgan fingerprint density at radius 3 is 2.52 bits per heavy atom. The van der Waals surface area contributed by atoms with E-state index < -0.39 is 0 Å². The van der Waals surface area contributed by atoms with Crippen molar-refractivity contribution in [3.05, 3.63) is 70.8 Å². The maximum atomic E-state index is 12.1. The Labute approximate surface area is 126 Å². The second-order valence-corrected chi connectivity index (χ2v) is 5.38. The first-order chi connectivity index (χ1) is 10.1. The minimum atomic E-state index is -0.0504. The lowest BCUT2D eigenvalue weighted by molar-refractivity contribution is 0.0952. The maximum Gasteiger partial charge on any atom is 0.251 e. The standard InChI is InChI=1S/C18H22N2O/c1-13-8-9-16(14(2)12-13)18(21)20-11-10-17(19)15-6-4-3-5-7-15/h3-9,12,17H,10-11,19H2,1-2H3,(H,20,21). The third-order valence-electron chi connectivity index (χ3n) is 3.60. The second-order valence-electron chi connectivity index (χ2n) is 5.38. The SMILES string of the molecule is Cc1ccc(C(=O)NCCC(N)c2ccccc2)c(C)c1. The third kappa shape index (κ3) is 4.17. The molecule has 0 aliphatic rings. The average Bonchev–Trinajstić information content (AvgIpc) is 2.47. The summed E-state index contributed by atoms with van der Waals surface area (Å²) in [5.74, 6) is -0.0345. The van der Waals surface area contributed by atoms with Crippen molar-refractivity contribution in [3.8, 4) is 0 Å². The molecule has 0 heterocycles. The molecule has 0 aliphatic carbocycles. The van der Waals surface area contributed by atoms with Crippen molar-refractivity contribution in [2.75, 3.05) is 6.54 Å². The predicted molar refractivity (Wildman–Crippen MR) is 86.2 cm³/mol. The summed E-state index contributed by atoms with van der Waals surface area (Å²) in [7, 11) is 0. The molecule has 1 atom stereocenters. The summed E-state index contributed by atoms with van der Waals surface area (Å²) in [6.07, 6.45) is 0.723. The molecule has 3 heteroatoms. The largest absolute Gasteiger partial charge is 0.352 e. The molecule has 1 amide bonds. The summed E-state index contributed by atoms with van der Waals surface area (Å²) in [4.78, 5) is 12.1. The highest BCUT2D eigenvalue weighted by atomic mass is 16.1. The summed E-state index contributed by atoms with van der Waals surface area (Å²) >= 11 is 0. The van der Waals surface area contributed by atoms with Crippen LogP contribution < -0.4 is 11.1 Å². The maximum absolute atomic E-state index is 12.1. The van der Waals surface area contributed by atoms with Gasteiger partial charge in [-0.25, -0.2) is 0 Å². The summed E-state index contributed by atoms with van der Waals surface area (Å²) in [6.45, 7) is 4.55. The molecule has 110 valence electrons. The van der Waals surface area contributed by atoms with Gasteiger partial charge in [0, 0.05) is 18.2 Å². The Bertz CT molecular complexity index is 608. The fraction of sp³-hybridized carbons (Fsp3) is 0.278. The Kier molecular flexibility index (Phi) is 5.12. The lowest BCUT2D eigenvalue weighted by atomic mass is 10.0. The Morgan fingerprint density at radius 2 is 1.86 bits per heavy atom. The first-order valence-corrected chi connectivity index (χ1v) is 7.24. The van der Waals surface area contributed by atoms with Crippen LogP contribution in [0, 0.1) is 13.8 Å². The summed E-state index contributed by atoms with van der Waals surface area (Å²) < 4.78 is 0. The van der Waals surface area contributed by atoms with Gasteiger partial charge in [-0.05, 0) is 37.5 Å². The first kappa shape index (κ1) is 15.3. The van der Waals surface area contributed by atoms with Crippen molar-refractivity contribution in [1.29, 1.82) is 0 Å². The molecule has 2 rings (SSSR count). The highest BCUT2D eigenvalue weighted by Gasteiger charge is 2.10. The van der Waals surface area contributed by atoms with Crippen LogP contribution in [-0.2, 0) is 0 Å². The quantitative estimate of drug-likeness (QED) is 0.885. The topological polar surface area (TPSA) is 55.1 Å². The van der Waals surface area contributed by atoms with Crippen molar-refractivity contribution >= 4 is 5.91 Å². The molecule has 21 heavy (non-hydrogen) atoms. The summed E-state index contributed by atoms with van der Waals surface area (Å²) in [6, 6.07) is 15.7. The Balaban J connectivity index is 1.87. The number of aryl methyl sites for hydroxylation is 2. The molecule has 2 aromatic carbocycles. The van der Waals surface area contributed by atoms with E-state index in [-0.39, 0.29) is 11.9 Å². The van der Waals surface area contributed by atoms with Crippen LogP contribution in [0.4, 0.5) is 0 Å². The van der Waals surface area contributed by atoms with E-state index in [0.29, 0.717) is 6.54 Å². The van der Waals surface area contributed by atoms with Crippen LogP contribution in [0.25, 0.3) is 0 Å². The Hall–Kier alpha value is -2.13. The zero-order valence-corrected chi connectivity index (χ0v) is 12.6. The van der Waals surface area contributed by atoms with Crippen LogP contribution in [-0.4, -0.2) is 12.5 Å². The van der Waals surface area contributed by atoms with Gasteiger partial charge in [-0.2, -0.15) is 0 Å². The zero-order valence-electron chi connectivity index (χ0n) is 12.6. The van der Waals surface area contributed by atoms with Crippen molar-refractivity contribution in [3.63, 3.8) is 0 Å². The first-order valence-electron chi connectivity index (χ1n) is 7.24. The molecule has 3 N–H and O–H groups in total. The van der Waals surface area contributed by atoms with Gasteiger partial charge in [0.25, 0.3) is 5.91 Å². The molecule has 0 aliphatic heterocycles. The second kappa shape index (κ2) is 7.04. The third-order valence-corrected chi connectivity index (χ3v) is 3.60. The van der Waals surface area contributed by atoms with Crippen LogP contribution in [0.2, 0.25) is 0 Å². The summed E-state index contributed by atoms with van der Waals surface area (Å²) in [5, 5.41) is 2.94. The highest BCUT2D eigenvalue weighted by molar-refractivity contribution is 5.95. The van der Waals surface area contributed by atoms with Crippen LogP contribution in [0.15, 0.2) is 48.5 Å². The van der Waals surface area contributed by atoms with Crippen molar-refractivity contribution in [2.45, 2.75) is 26.3 Å². The van der Waals surface area contributed by atoms with Gasteiger partial charge in [0.2, 0.25) is 0 Å². The minimum absolute atomic E-state index is 0.0345. The number of hydrogen-bond donors (Lipinski definition) is 2. The molecule has 0 saturated carbocycles. The number of carbonyl (C=O) groups is 1.